The lowest BCUT2D eigenvalue weighted by Crippen LogP contribution is -2.37. The fourth-order valence-corrected chi connectivity index (χ4v) is 2.52. The summed E-state index contributed by atoms with van der Waals surface area (Å²) in [5.41, 5.74) is 2.18. The van der Waals surface area contributed by atoms with Crippen molar-refractivity contribution in [3.63, 3.8) is 0 Å². The number of ether oxygens (including phenoxy) is 2. The molecule has 6 heteroatoms. The molecule has 0 aliphatic rings. The van der Waals surface area contributed by atoms with Crippen LogP contribution in [0, 0.1) is 6.92 Å². The molecule has 2 aromatic carbocycles. The monoisotopic (exact) mass is 356 g/mol. The summed E-state index contributed by atoms with van der Waals surface area (Å²) in [5, 5.41) is 2.79. The highest BCUT2D eigenvalue weighted by Gasteiger charge is 2.19. The Kier molecular flexibility index (Phi) is 6.60. The van der Waals surface area contributed by atoms with E-state index in [1.807, 2.05) is 26.0 Å². The minimum atomic E-state index is -0.298. The predicted molar refractivity (Wildman–Crippen MR) is 102 cm³/mol. The van der Waals surface area contributed by atoms with Gasteiger partial charge in [0.1, 0.15) is 18.0 Å². The molecule has 0 heterocycles. The van der Waals surface area contributed by atoms with Crippen LogP contribution in [0.3, 0.4) is 0 Å². The number of nitrogens with one attached hydrogen (secondary N) is 1. The van der Waals surface area contributed by atoms with Crippen LogP contribution in [0.5, 0.6) is 11.5 Å². The molecule has 0 aromatic heterocycles. The third-order valence-electron chi connectivity index (χ3n) is 3.76. The average Bonchev–Trinajstić information content (AvgIpc) is 2.61. The molecule has 0 aliphatic heterocycles. The number of carbonyl (C=O) groups excluding carboxylic acids is 2. The van der Waals surface area contributed by atoms with Gasteiger partial charge in [0, 0.05) is 12.6 Å². The van der Waals surface area contributed by atoms with E-state index in [0.29, 0.717) is 23.7 Å². The van der Waals surface area contributed by atoms with E-state index in [0.717, 1.165) is 11.3 Å². The molecule has 6 nitrogen and oxygen atoms in total. The number of benzene rings is 2. The number of aryl methyl sites for hydroxylation is 1. The number of hydrogen-bond acceptors (Lipinski definition) is 4. The van der Waals surface area contributed by atoms with Crippen molar-refractivity contribution in [1.82, 2.24) is 0 Å². The number of rotatable bonds is 7. The maximum atomic E-state index is 12.4. The highest BCUT2D eigenvalue weighted by Crippen LogP contribution is 2.29. The summed E-state index contributed by atoms with van der Waals surface area (Å²) < 4.78 is 10.7. The zero-order valence-electron chi connectivity index (χ0n) is 15.5. The summed E-state index contributed by atoms with van der Waals surface area (Å²) in [6.45, 7) is 5.72. The maximum absolute atomic E-state index is 12.4. The zero-order valence-corrected chi connectivity index (χ0v) is 15.5. The summed E-state index contributed by atoms with van der Waals surface area (Å²) in [6, 6.07) is 12.6. The van der Waals surface area contributed by atoms with Gasteiger partial charge in [-0.2, -0.15) is 0 Å². The number of amides is 2. The molecular formula is C20H24N2O4. The number of methoxy groups -OCH3 is 1. The van der Waals surface area contributed by atoms with Crippen molar-refractivity contribution in [3.05, 3.63) is 48.0 Å². The van der Waals surface area contributed by atoms with Crippen molar-refractivity contribution in [2.75, 3.05) is 30.5 Å². The smallest absolute Gasteiger partial charge is 0.244 e. The van der Waals surface area contributed by atoms with Crippen LogP contribution in [0.25, 0.3) is 0 Å². The van der Waals surface area contributed by atoms with Gasteiger partial charge in [-0.25, -0.2) is 0 Å². The van der Waals surface area contributed by atoms with Gasteiger partial charge in [0.05, 0.1) is 19.4 Å². The molecule has 0 atom stereocenters. The Hall–Kier alpha value is -3.02. The van der Waals surface area contributed by atoms with Crippen LogP contribution in [0.2, 0.25) is 0 Å². The van der Waals surface area contributed by atoms with Crippen molar-refractivity contribution in [2.24, 2.45) is 0 Å². The largest absolute Gasteiger partial charge is 0.495 e. The molecule has 0 saturated heterocycles. The van der Waals surface area contributed by atoms with Gasteiger partial charge < -0.3 is 14.8 Å². The van der Waals surface area contributed by atoms with Crippen LogP contribution in [0.4, 0.5) is 11.4 Å². The lowest BCUT2D eigenvalue weighted by atomic mass is 10.2. The van der Waals surface area contributed by atoms with Gasteiger partial charge >= 0.3 is 0 Å². The molecule has 0 saturated carbocycles. The van der Waals surface area contributed by atoms with Crippen molar-refractivity contribution in [1.29, 1.82) is 0 Å². The molecule has 2 aromatic rings. The Morgan fingerprint density at radius 2 is 1.81 bits per heavy atom. The van der Waals surface area contributed by atoms with E-state index in [1.165, 1.54) is 18.9 Å². The van der Waals surface area contributed by atoms with E-state index in [1.54, 1.807) is 30.3 Å². The first kappa shape index (κ1) is 19.3. The molecule has 2 rings (SSSR count). The fourth-order valence-electron chi connectivity index (χ4n) is 2.52. The highest BCUT2D eigenvalue weighted by molar-refractivity contribution is 6.02. The second kappa shape index (κ2) is 8.89. The molecule has 1 N–H and O–H groups in total. The number of nitrogens with zero attached hydrogens (tertiary/aromatic N) is 1. The van der Waals surface area contributed by atoms with Crippen LogP contribution in [0.15, 0.2) is 42.5 Å². The molecule has 0 aliphatic carbocycles. The maximum Gasteiger partial charge on any atom is 0.244 e. The second-order valence-corrected chi connectivity index (χ2v) is 5.79. The SMILES string of the molecule is CCOc1ccc(NC(=O)CN(C(C)=O)c2cc(C)ccc2OC)cc1. The molecule has 26 heavy (non-hydrogen) atoms. The summed E-state index contributed by atoms with van der Waals surface area (Å²) in [7, 11) is 1.53. The number of hydrogen-bond donors (Lipinski definition) is 1. The Morgan fingerprint density at radius 1 is 1.12 bits per heavy atom. The molecule has 2 amide bonds. The average molecular weight is 356 g/mol. The third-order valence-corrected chi connectivity index (χ3v) is 3.76. The normalized spacial score (nSPS) is 10.2. The Morgan fingerprint density at radius 3 is 2.38 bits per heavy atom. The van der Waals surface area contributed by atoms with E-state index in [4.69, 9.17) is 9.47 Å². The van der Waals surface area contributed by atoms with E-state index < -0.39 is 0 Å². The summed E-state index contributed by atoms with van der Waals surface area (Å²) in [6.07, 6.45) is 0. The van der Waals surface area contributed by atoms with Crippen molar-refractivity contribution >= 4 is 23.2 Å². The summed E-state index contributed by atoms with van der Waals surface area (Å²) in [5.74, 6) is 0.740. The van der Waals surface area contributed by atoms with Crippen molar-refractivity contribution in [3.8, 4) is 11.5 Å². The van der Waals surface area contributed by atoms with E-state index in [-0.39, 0.29) is 18.4 Å². The Bertz CT molecular complexity index is 772. The lowest BCUT2D eigenvalue weighted by Gasteiger charge is -2.23. The van der Waals surface area contributed by atoms with Crippen LogP contribution in [-0.2, 0) is 9.59 Å². The minimum absolute atomic E-state index is 0.109. The van der Waals surface area contributed by atoms with Gasteiger partial charge in [0.2, 0.25) is 11.8 Å². The molecular weight excluding hydrogens is 332 g/mol. The van der Waals surface area contributed by atoms with Gasteiger partial charge in [0.15, 0.2) is 0 Å². The first-order valence-corrected chi connectivity index (χ1v) is 8.40. The van der Waals surface area contributed by atoms with E-state index in [9.17, 15) is 9.59 Å². The van der Waals surface area contributed by atoms with Crippen molar-refractivity contribution in [2.45, 2.75) is 20.8 Å². The lowest BCUT2D eigenvalue weighted by molar-refractivity contribution is -0.120. The van der Waals surface area contributed by atoms with E-state index in [2.05, 4.69) is 5.32 Å². The van der Waals surface area contributed by atoms with E-state index >= 15 is 0 Å². The predicted octanol–water partition coefficient (Wildman–Crippen LogP) is 3.39. The molecule has 0 fully saturated rings. The topological polar surface area (TPSA) is 67.9 Å². The van der Waals surface area contributed by atoms with Gasteiger partial charge in [-0.05, 0) is 55.8 Å². The first-order valence-electron chi connectivity index (χ1n) is 8.40. The highest BCUT2D eigenvalue weighted by atomic mass is 16.5. The quantitative estimate of drug-likeness (QED) is 0.826. The molecule has 0 spiro atoms. The van der Waals surface area contributed by atoms with Crippen LogP contribution in [-0.4, -0.2) is 32.1 Å². The van der Waals surface area contributed by atoms with Gasteiger partial charge in [0.25, 0.3) is 0 Å². The standard InChI is InChI=1S/C20H24N2O4/c1-5-26-17-9-7-16(8-10-17)21-20(24)13-22(15(3)23)18-12-14(2)6-11-19(18)25-4/h6-12H,5,13H2,1-4H3,(H,21,24). The molecule has 138 valence electrons. The fraction of sp³-hybridized carbons (Fsp3) is 0.300. The van der Waals surface area contributed by atoms with Crippen LogP contribution < -0.4 is 19.7 Å². The first-order chi connectivity index (χ1) is 12.4. The summed E-state index contributed by atoms with van der Waals surface area (Å²) in [4.78, 5) is 25.9. The van der Waals surface area contributed by atoms with Crippen LogP contribution in [0.1, 0.15) is 19.4 Å². The third kappa shape index (κ3) is 4.99. The summed E-state index contributed by atoms with van der Waals surface area (Å²) >= 11 is 0. The van der Waals surface area contributed by atoms with Crippen molar-refractivity contribution < 1.29 is 19.1 Å². The Labute approximate surface area is 153 Å². The number of anilines is 2. The minimum Gasteiger partial charge on any atom is -0.495 e. The molecule has 0 radical (unpaired) electrons. The van der Waals surface area contributed by atoms with Gasteiger partial charge in [-0.3, -0.25) is 14.5 Å². The van der Waals surface area contributed by atoms with Gasteiger partial charge in [-0.15, -0.1) is 0 Å². The molecule has 0 unspecified atom stereocenters. The Balaban J connectivity index is 2.13. The molecule has 0 bridgehead atoms. The van der Waals surface area contributed by atoms with Gasteiger partial charge in [-0.1, -0.05) is 6.07 Å². The number of carbonyl (C=O) groups is 2. The van der Waals surface area contributed by atoms with Crippen LogP contribution >= 0.6 is 0 Å². The second-order valence-electron chi connectivity index (χ2n) is 5.79. The zero-order chi connectivity index (χ0) is 19.1.